The maximum absolute atomic E-state index is 12.6. The molecule has 2 heteroatoms. The highest BCUT2D eigenvalue weighted by Crippen LogP contribution is 2.36. The summed E-state index contributed by atoms with van der Waals surface area (Å²) in [4.78, 5) is 11.4. The van der Waals surface area contributed by atoms with Gasteiger partial charge in [0.1, 0.15) is 5.78 Å². The molecule has 0 radical (unpaired) electrons. The lowest BCUT2D eigenvalue weighted by atomic mass is 9.71. The van der Waals surface area contributed by atoms with Gasteiger partial charge in [-0.2, -0.15) is 0 Å². The van der Waals surface area contributed by atoms with Gasteiger partial charge in [0.15, 0.2) is 0 Å². The van der Waals surface area contributed by atoms with Gasteiger partial charge in [0, 0.05) is 17.8 Å². The van der Waals surface area contributed by atoms with Gasteiger partial charge in [-0.3, -0.25) is 9.18 Å². The topological polar surface area (TPSA) is 17.1 Å². The second kappa shape index (κ2) is 3.55. The van der Waals surface area contributed by atoms with Crippen molar-refractivity contribution < 1.29 is 9.18 Å². The Morgan fingerprint density at radius 3 is 2.67 bits per heavy atom. The van der Waals surface area contributed by atoms with E-state index in [1.165, 1.54) is 0 Å². The van der Waals surface area contributed by atoms with Gasteiger partial charge in [-0.05, 0) is 12.8 Å². The van der Waals surface area contributed by atoms with E-state index in [9.17, 15) is 9.18 Å². The Balaban J connectivity index is 2.65. The Bertz CT molecular complexity index is 175. The van der Waals surface area contributed by atoms with Crippen molar-refractivity contribution in [2.45, 2.75) is 39.5 Å². The quantitative estimate of drug-likeness (QED) is 0.626. The normalized spacial score (nSPS) is 25.9. The summed E-state index contributed by atoms with van der Waals surface area (Å²) < 4.78 is 12.6. The number of hydrogen-bond acceptors (Lipinski definition) is 1. The van der Waals surface area contributed by atoms with Crippen LogP contribution in [0.4, 0.5) is 4.39 Å². The van der Waals surface area contributed by atoms with Crippen LogP contribution >= 0.6 is 0 Å². The van der Waals surface area contributed by atoms with Crippen molar-refractivity contribution in [2.75, 3.05) is 6.67 Å². The molecule has 0 aromatic heterocycles. The van der Waals surface area contributed by atoms with Gasteiger partial charge in [0.2, 0.25) is 0 Å². The van der Waals surface area contributed by atoms with E-state index in [2.05, 4.69) is 0 Å². The summed E-state index contributed by atoms with van der Waals surface area (Å²) in [5.74, 6) is 0.236. The van der Waals surface area contributed by atoms with Crippen LogP contribution < -0.4 is 0 Å². The van der Waals surface area contributed by atoms with Crippen LogP contribution in [0.3, 0.4) is 0 Å². The van der Waals surface area contributed by atoms with Crippen molar-refractivity contribution in [1.29, 1.82) is 0 Å². The third kappa shape index (κ3) is 1.85. The average Bonchev–Trinajstić information content (AvgIpc) is 2.05. The van der Waals surface area contributed by atoms with Crippen LogP contribution in [0.5, 0.6) is 0 Å². The third-order valence-corrected chi connectivity index (χ3v) is 2.84. The average molecular weight is 172 g/mol. The summed E-state index contributed by atoms with van der Waals surface area (Å²) in [6, 6.07) is 0. The maximum Gasteiger partial charge on any atom is 0.136 e. The van der Waals surface area contributed by atoms with E-state index in [0.717, 1.165) is 19.3 Å². The Hall–Kier alpha value is -0.400. The number of rotatable bonds is 2. The minimum Gasteiger partial charge on any atom is -0.299 e. The molecule has 1 fully saturated rings. The lowest BCUT2D eigenvalue weighted by Gasteiger charge is -2.33. The SMILES string of the molecule is CC(C)(CF)C1CCCCC1=O. The van der Waals surface area contributed by atoms with E-state index in [1.807, 2.05) is 13.8 Å². The molecule has 0 N–H and O–H groups in total. The zero-order valence-electron chi connectivity index (χ0n) is 7.90. The lowest BCUT2D eigenvalue weighted by Crippen LogP contribution is -2.34. The van der Waals surface area contributed by atoms with Crippen LogP contribution in [0.15, 0.2) is 0 Å². The summed E-state index contributed by atoms with van der Waals surface area (Å²) in [6.45, 7) is 3.31. The number of carbonyl (C=O) groups excluding carboxylic acids is 1. The fraction of sp³-hybridized carbons (Fsp3) is 0.900. The first kappa shape index (κ1) is 9.69. The van der Waals surface area contributed by atoms with Crippen LogP contribution in [-0.4, -0.2) is 12.5 Å². The van der Waals surface area contributed by atoms with Crippen molar-refractivity contribution >= 4 is 5.78 Å². The number of carbonyl (C=O) groups is 1. The number of alkyl halides is 1. The van der Waals surface area contributed by atoms with Crippen LogP contribution in [0, 0.1) is 11.3 Å². The molecule has 1 atom stereocenters. The highest BCUT2D eigenvalue weighted by molar-refractivity contribution is 5.82. The highest BCUT2D eigenvalue weighted by atomic mass is 19.1. The summed E-state index contributed by atoms with van der Waals surface area (Å²) >= 11 is 0. The molecule has 1 aliphatic rings. The van der Waals surface area contributed by atoms with E-state index in [4.69, 9.17) is 0 Å². The number of hydrogen-bond donors (Lipinski definition) is 0. The molecule has 0 spiro atoms. The Morgan fingerprint density at radius 1 is 1.50 bits per heavy atom. The predicted molar refractivity (Wildman–Crippen MR) is 46.7 cm³/mol. The van der Waals surface area contributed by atoms with Gasteiger partial charge in [-0.25, -0.2) is 0 Å². The minimum absolute atomic E-state index is 0.0313. The molecule has 1 aliphatic carbocycles. The first-order chi connectivity index (χ1) is 5.58. The largest absolute Gasteiger partial charge is 0.299 e. The molecule has 0 aliphatic heterocycles. The van der Waals surface area contributed by atoms with Gasteiger partial charge in [-0.1, -0.05) is 20.3 Å². The van der Waals surface area contributed by atoms with Crippen molar-refractivity contribution in [3.05, 3.63) is 0 Å². The molecule has 0 amide bonds. The van der Waals surface area contributed by atoms with E-state index in [-0.39, 0.29) is 18.4 Å². The monoisotopic (exact) mass is 172 g/mol. The molecule has 1 rings (SSSR count). The van der Waals surface area contributed by atoms with Gasteiger partial charge in [-0.15, -0.1) is 0 Å². The van der Waals surface area contributed by atoms with Crippen molar-refractivity contribution in [2.24, 2.45) is 11.3 Å². The van der Waals surface area contributed by atoms with Crippen molar-refractivity contribution in [3.8, 4) is 0 Å². The van der Waals surface area contributed by atoms with E-state index in [1.54, 1.807) is 0 Å². The van der Waals surface area contributed by atoms with E-state index >= 15 is 0 Å². The molecule has 12 heavy (non-hydrogen) atoms. The summed E-state index contributed by atoms with van der Waals surface area (Å²) in [6.07, 6.45) is 3.63. The predicted octanol–water partition coefficient (Wildman–Crippen LogP) is 2.74. The van der Waals surface area contributed by atoms with Gasteiger partial charge in [0.05, 0.1) is 6.67 Å². The highest BCUT2D eigenvalue weighted by Gasteiger charge is 2.35. The van der Waals surface area contributed by atoms with E-state index < -0.39 is 5.41 Å². The fourth-order valence-electron chi connectivity index (χ4n) is 1.90. The Labute approximate surface area is 73.3 Å². The number of ketones is 1. The molecule has 0 aromatic carbocycles. The maximum atomic E-state index is 12.6. The second-order valence-electron chi connectivity index (χ2n) is 4.39. The first-order valence-corrected chi connectivity index (χ1v) is 4.66. The third-order valence-electron chi connectivity index (χ3n) is 2.84. The lowest BCUT2D eigenvalue weighted by molar-refractivity contribution is -0.129. The smallest absolute Gasteiger partial charge is 0.136 e. The minimum atomic E-state index is -0.433. The zero-order valence-corrected chi connectivity index (χ0v) is 7.90. The summed E-state index contributed by atoms with van der Waals surface area (Å²) in [5.41, 5.74) is -0.433. The standard InChI is InChI=1S/C10H17FO/c1-10(2,7-11)8-5-3-4-6-9(8)12/h8H,3-7H2,1-2H3. The van der Waals surface area contributed by atoms with Gasteiger partial charge >= 0.3 is 0 Å². The molecule has 0 heterocycles. The van der Waals surface area contributed by atoms with Crippen molar-refractivity contribution in [1.82, 2.24) is 0 Å². The van der Waals surface area contributed by atoms with Gasteiger partial charge in [0.25, 0.3) is 0 Å². The van der Waals surface area contributed by atoms with Crippen molar-refractivity contribution in [3.63, 3.8) is 0 Å². The van der Waals surface area contributed by atoms with Crippen LogP contribution in [0.1, 0.15) is 39.5 Å². The molecule has 1 unspecified atom stereocenters. The van der Waals surface area contributed by atoms with Crippen LogP contribution in [0.2, 0.25) is 0 Å². The molecule has 70 valence electrons. The van der Waals surface area contributed by atoms with Crippen LogP contribution in [-0.2, 0) is 4.79 Å². The van der Waals surface area contributed by atoms with E-state index in [0.29, 0.717) is 6.42 Å². The number of halogens is 1. The molecule has 0 saturated heterocycles. The second-order valence-corrected chi connectivity index (χ2v) is 4.39. The van der Waals surface area contributed by atoms with Gasteiger partial charge < -0.3 is 0 Å². The molecule has 0 aromatic rings. The first-order valence-electron chi connectivity index (χ1n) is 4.66. The summed E-state index contributed by atoms with van der Waals surface area (Å²) in [7, 11) is 0. The Kier molecular flexibility index (Phi) is 2.86. The fourth-order valence-corrected chi connectivity index (χ4v) is 1.90. The molecule has 1 nitrogen and oxygen atoms in total. The molecule has 1 saturated carbocycles. The van der Waals surface area contributed by atoms with Crippen LogP contribution in [0.25, 0.3) is 0 Å². The number of Topliss-reactive ketones (excluding diaryl/α,β-unsaturated/α-hetero) is 1. The summed E-state index contributed by atoms with van der Waals surface area (Å²) in [5, 5.41) is 0. The molecular weight excluding hydrogens is 155 g/mol. The molecular formula is C10H17FO. The zero-order chi connectivity index (χ0) is 9.19. The Morgan fingerprint density at radius 2 is 2.17 bits per heavy atom. The molecule has 0 bridgehead atoms.